The van der Waals surface area contributed by atoms with Gasteiger partial charge in [-0.1, -0.05) is 18.2 Å². The Balaban J connectivity index is 1.75. The number of nitrogens with one attached hydrogen (secondary N) is 3. The summed E-state index contributed by atoms with van der Waals surface area (Å²) in [6.07, 6.45) is -3.62. The standard InChI is InChI=1S/C22H23F3N4O2/c23-22(24,25)15-7-9-16(10-8-15)28-21(31)19(29-20(30)6-3-11-26)13-17-12-14-4-1-2-5-18(14)27-17/h1-2,4-5,7-10,12,19,27H,3,6,11,13,26H2,(H,28,31)(H,29,30). The summed E-state index contributed by atoms with van der Waals surface area (Å²) in [5.41, 5.74) is 6.47. The maximum Gasteiger partial charge on any atom is 0.416 e. The number of aromatic nitrogens is 1. The molecule has 1 unspecified atom stereocenters. The van der Waals surface area contributed by atoms with E-state index in [1.807, 2.05) is 30.3 Å². The fourth-order valence-electron chi connectivity index (χ4n) is 3.17. The molecule has 2 amide bonds. The van der Waals surface area contributed by atoms with E-state index < -0.39 is 23.7 Å². The number of amides is 2. The molecule has 1 atom stereocenters. The van der Waals surface area contributed by atoms with Crippen molar-refractivity contribution >= 4 is 28.4 Å². The topological polar surface area (TPSA) is 100 Å². The Hall–Kier alpha value is -3.33. The van der Waals surface area contributed by atoms with E-state index in [2.05, 4.69) is 15.6 Å². The lowest BCUT2D eigenvalue weighted by molar-refractivity contribution is -0.137. The Labute approximate surface area is 177 Å². The van der Waals surface area contributed by atoms with Gasteiger partial charge >= 0.3 is 6.18 Å². The number of rotatable bonds is 8. The number of anilines is 1. The van der Waals surface area contributed by atoms with E-state index in [9.17, 15) is 22.8 Å². The Morgan fingerprint density at radius 3 is 2.42 bits per heavy atom. The predicted octanol–water partition coefficient (Wildman–Crippen LogP) is 3.59. The lowest BCUT2D eigenvalue weighted by Gasteiger charge is -2.18. The molecule has 0 fully saturated rings. The zero-order chi connectivity index (χ0) is 22.4. The van der Waals surface area contributed by atoms with Crippen molar-refractivity contribution in [2.24, 2.45) is 5.73 Å². The molecule has 31 heavy (non-hydrogen) atoms. The van der Waals surface area contributed by atoms with Gasteiger partial charge in [-0.15, -0.1) is 0 Å². The number of nitrogens with two attached hydrogens (primary N) is 1. The number of para-hydroxylation sites is 1. The van der Waals surface area contributed by atoms with Crippen molar-refractivity contribution < 1.29 is 22.8 Å². The molecule has 3 rings (SSSR count). The first-order chi connectivity index (χ1) is 14.8. The molecule has 5 N–H and O–H groups in total. The monoisotopic (exact) mass is 432 g/mol. The number of fused-ring (bicyclic) bond motifs is 1. The Morgan fingerprint density at radius 2 is 1.77 bits per heavy atom. The van der Waals surface area contributed by atoms with Crippen LogP contribution in [0.1, 0.15) is 24.1 Å². The number of alkyl halides is 3. The number of benzene rings is 2. The molecule has 3 aromatic rings. The molecule has 0 bridgehead atoms. The quantitative estimate of drug-likeness (QED) is 0.438. The Bertz CT molecular complexity index is 1010. The van der Waals surface area contributed by atoms with Crippen LogP contribution in [0.15, 0.2) is 54.6 Å². The smallest absolute Gasteiger partial charge is 0.358 e. The molecule has 0 aliphatic heterocycles. The fourth-order valence-corrected chi connectivity index (χ4v) is 3.17. The van der Waals surface area contributed by atoms with Gasteiger partial charge < -0.3 is 21.4 Å². The highest BCUT2D eigenvalue weighted by molar-refractivity contribution is 5.97. The molecule has 1 aromatic heterocycles. The van der Waals surface area contributed by atoms with Crippen LogP contribution >= 0.6 is 0 Å². The van der Waals surface area contributed by atoms with Crippen LogP contribution < -0.4 is 16.4 Å². The highest BCUT2D eigenvalue weighted by Crippen LogP contribution is 2.29. The third kappa shape index (κ3) is 6.08. The van der Waals surface area contributed by atoms with Crippen molar-refractivity contribution in [1.29, 1.82) is 0 Å². The summed E-state index contributed by atoms with van der Waals surface area (Å²) < 4.78 is 38.2. The van der Waals surface area contributed by atoms with Crippen LogP contribution in [0.25, 0.3) is 10.9 Å². The average molecular weight is 432 g/mol. The first-order valence-corrected chi connectivity index (χ1v) is 9.80. The Kier molecular flexibility index (Phi) is 6.96. The number of aromatic amines is 1. The van der Waals surface area contributed by atoms with Crippen LogP contribution in [0.5, 0.6) is 0 Å². The summed E-state index contributed by atoms with van der Waals surface area (Å²) in [6.45, 7) is 0.345. The third-order valence-electron chi connectivity index (χ3n) is 4.75. The maximum atomic E-state index is 12.8. The van der Waals surface area contributed by atoms with Gasteiger partial charge in [0, 0.05) is 29.7 Å². The van der Waals surface area contributed by atoms with Crippen LogP contribution in [-0.4, -0.2) is 29.4 Å². The van der Waals surface area contributed by atoms with E-state index in [-0.39, 0.29) is 24.4 Å². The van der Waals surface area contributed by atoms with E-state index in [0.717, 1.165) is 28.7 Å². The van der Waals surface area contributed by atoms with Crippen LogP contribution in [0.2, 0.25) is 0 Å². The van der Waals surface area contributed by atoms with Gasteiger partial charge in [-0.3, -0.25) is 9.59 Å². The van der Waals surface area contributed by atoms with E-state index in [0.29, 0.717) is 13.0 Å². The third-order valence-corrected chi connectivity index (χ3v) is 4.75. The molecule has 6 nitrogen and oxygen atoms in total. The minimum atomic E-state index is -4.46. The zero-order valence-electron chi connectivity index (χ0n) is 16.6. The van der Waals surface area contributed by atoms with E-state index in [4.69, 9.17) is 5.73 Å². The molecule has 0 spiro atoms. The first kappa shape index (κ1) is 22.4. The second-order valence-corrected chi connectivity index (χ2v) is 7.16. The van der Waals surface area contributed by atoms with E-state index >= 15 is 0 Å². The largest absolute Gasteiger partial charge is 0.416 e. The summed E-state index contributed by atoms with van der Waals surface area (Å²) in [5.74, 6) is -0.853. The summed E-state index contributed by atoms with van der Waals surface area (Å²) in [6, 6.07) is 12.7. The maximum absolute atomic E-state index is 12.8. The van der Waals surface area contributed by atoms with Crippen LogP contribution in [0.3, 0.4) is 0 Å². The van der Waals surface area contributed by atoms with E-state index in [1.54, 1.807) is 0 Å². The van der Waals surface area contributed by atoms with Crippen LogP contribution in [0.4, 0.5) is 18.9 Å². The molecule has 2 aromatic carbocycles. The highest BCUT2D eigenvalue weighted by atomic mass is 19.4. The molecular formula is C22H23F3N4O2. The first-order valence-electron chi connectivity index (χ1n) is 9.80. The normalized spacial score (nSPS) is 12.5. The molecule has 0 radical (unpaired) electrons. The fraction of sp³-hybridized carbons (Fsp3) is 0.273. The summed E-state index contributed by atoms with van der Waals surface area (Å²) in [5, 5.41) is 6.24. The minimum absolute atomic E-state index is 0.174. The Morgan fingerprint density at radius 1 is 1.06 bits per heavy atom. The number of hydrogen-bond donors (Lipinski definition) is 4. The molecule has 0 aliphatic carbocycles. The summed E-state index contributed by atoms with van der Waals surface area (Å²) >= 11 is 0. The second kappa shape index (κ2) is 9.65. The molecule has 0 saturated heterocycles. The summed E-state index contributed by atoms with van der Waals surface area (Å²) in [7, 11) is 0. The number of carbonyl (C=O) groups excluding carboxylic acids is 2. The number of halogens is 3. The van der Waals surface area contributed by atoms with Gasteiger partial charge in [0.05, 0.1) is 5.56 Å². The van der Waals surface area contributed by atoms with Gasteiger partial charge in [0.25, 0.3) is 0 Å². The molecule has 1 heterocycles. The van der Waals surface area contributed by atoms with Crippen LogP contribution in [-0.2, 0) is 22.2 Å². The lowest BCUT2D eigenvalue weighted by Crippen LogP contribution is -2.45. The SMILES string of the molecule is NCCCC(=O)NC(Cc1cc2ccccc2[nH]1)C(=O)Nc1ccc(C(F)(F)F)cc1. The predicted molar refractivity (Wildman–Crippen MR) is 112 cm³/mol. The molecule has 0 saturated carbocycles. The van der Waals surface area contributed by atoms with Crippen molar-refractivity contribution in [3.05, 3.63) is 65.9 Å². The van der Waals surface area contributed by atoms with Crippen LogP contribution in [0, 0.1) is 0 Å². The van der Waals surface area contributed by atoms with Gasteiger partial charge in [-0.2, -0.15) is 13.2 Å². The van der Waals surface area contributed by atoms with Crippen molar-refractivity contribution in [3.63, 3.8) is 0 Å². The van der Waals surface area contributed by atoms with Crippen molar-refractivity contribution in [2.45, 2.75) is 31.5 Å². The van der Waals surface area contributed by atoms with E-state index in [1.165, 1.54) is 12.1 Å². The van der Waals surface area contributed by atoms with Gasteiger partial charge in [0.1, 0.15) is 6.04 Å². The molecule has 9 heteroatoms. The number of H-pyrrole nitrogens is 1. The number of carbonyl (C=O) groups is 2. The zero-order valence-corrected chi connectivity index (χ0v) is 16.6. The molecule has 164 valence electrons. The molecule has 0 aliphatic rings. The van der Waals surface area contributed by atoms with Crippen molar-refractivity contribution in [2.75, 3.05) is 11.9 Å². The van der Waals surface area contributed by atoms with Gasteiger partial charge in [-0.25, -0.2) is 0 Å². The summed E-state index contributed by atoms with van der Waals surface area (Å²) in [4.78, 5) is 28.3. The minimum Gasteiger partial charge on any atom is -0.358 e. The number of hydrogen-bond acceptors (Lipinski definition) is 3. The van der Waals surface area contributed by atoms with Crippen molar-refractivity contribution in [3.8, 4) is 0 Å². The van der Waals surface area contributed by atoms with Gasteiger partial charge in [0.15, 0.2) is 0 Å². The second-order valence-electron chi connectivity index (χ2n) is 7.16. The van der Waals surface area contributed by atoms with Gasteiger partial charge in [0.2, 0.25) is 11.8 Å². The van der Waals surface area contributed by atoms with Crippen molar-refractivity contribution in [1.82, 2.24) is 10.3 Å². The lowest BCUT2D eigenvalue weighted by atomic mass is 10.1. The molecular weight excluding hydrogens is 409 g/mol. The van der Waals surface area contributed by atoms with Gasteiger partial charge in [-0.05, 0) is 54.8 Å². The highest BCUT2D eigenvalue weighted by Gasteiger charge is 2.30. The average Bonchev–Trinajstić information content (AvgIpc) is 3.14.